The van der Waals surface area contributed by atoms with Gasteiger partial charge in [0.2, 0.25) is 5.91 Å². The van der Waals surface area contributed by atoms with Crippen molar-refractivity contribution in [1.29, 1.82) is 0 Å². The van der Waals surface area contributed by atoms with Crippen LogP contribution < -0.4 is 14.8 Å². The minimum absolute atomic E-state index is 0.0170. The van der Waals surface area contributed by atoms with Gasteiger partial charge in [-0.15, -0.1) is 0 Å². The molecule has 0 aliphatic carbocycles. The number of hydrogen-bond donors (Lipinski definition) is 1. The lowest BCUT2D eigenvalue weighted by atomic mass is 10.1. The Morgan fingerprint density at radius 2 is 2.08 bits per heavy atom. The number of amides is 1. The highest BCUT2D eigenvalue weighted by Crippen LogP contribution is 2.36. The predicted molar refractivity (Wildman–Crippen MR) is 102 cm³/mol. The second-order valence-corrected chi connectivity index (χ2v) is 6.50. The van der Waals surface area contributed by atoms with Crippen molar-refractivity contribution in [2.24, 2.45) is 7.05 Å². The molecule has 0 bridgehead atoms. The van der Waals surface area contributed by atoms with E-state index in [0.29, 0.717) is 42.5 Å². The molecule has 0 spiro atoms. The minimum atomic E-state index is -0.0170. The lowest BCUT2D eigenvalue weighted by molar-refractivity contribution is -0.121. The van der Waals surface area contributed by atoms with Crippen LogP contribution in [0.25, 0.3) is 0 Å². The molecule has 0 atom stereocenters. The van der Waals surface area contributed by atoms with Crippen molar-refractivity contribution in [3.8, 4) is 11.5 Å². The first-order chi connectivity index (χ1) is 12.4. The lowest BCUT2D eigenvalue weighted by Gasteiger charge is -2.13. The summed E-state index contributed by atoms with van der Waals surface area (Å²) in [6, 6.07) is 3.61. The molecule has 142 valence electrons. The van der Waals surface area contributed by atoms with E-state index in [-0.39, 0.29) is 5.91 Å². The second-order valence-electron chi connectivity index (χ2n) is 6.09. The zero-order valence-corrected chi connectivity index (χ0v) is 16.7. The topological polar surface area (TPSA) is 65.4 Å². The van der Waals surface area contributed by atoms with Crippen LogP contribution in [0.4, 0.5) is 0 Å². The first-order valence-corrected chi connectivity index (χ1v) is 9.00. The van der Waals surface area contributed by atoms with Crippen molar-refractivity contribution >= 4 is 17.5 Å². The number of carbonyl (C=O) groups excluding carboxylic acids is 1. The van der Waals surface area contributed by atoms with Crippen LogP contribution >= 0.6 is 11.6 Å². The Bertz CT molecular complexity index is 787. The molecule has 1 heterocycles. The molecule has 1 amide bonds. The molecule has 1 aromatic heterocycles. The fourth-order valence-electron chi connectivity index (χ4n) is 2.87. The zero-order chi connectivity index (χ0) is 19.3. The molecule has 1 aromatic carbocycles. The lowest BCUT2D eigenvalue weighted by Crippen LogP contribution is -2.23. The molecular formula is C19H26ClN3O3. The van der Waals surface area contributed by atoms with E-state index in [0.717, 1.165) is 22.5 Å². The van der Waals surface area contributed by atoms with E-state index in [4.69, 9.17) is 21.1 Å². The highest BCUT2D eigenvalue weighted by molar-refractivity contribution is 6.32. The van der Waals surface area contributed by atoms with Crippen molar-refractivity contribution < 1.29 is 14.3 Å². The fourth-order valence-corrected chi connectivity index (χ4v) is 3.15. The minimum Gasteiger partial charge on any atom is -0.493 e. The SMILES string of the molecule is CCOc1c(Cl)cc(CNC(=O)CCc2c(C)nn(C)c2C)cc1OC. The summed E-state index contributed by atoms with van der Waals surface area (Å²) in [4.78, 5) is 12.2. The Hall–Kier alpha value is -2.21. The normalized spacial score (nSPS) is 10.7. The average molecular weight is 380 g/mol. The number of aromatic nitrogens is 2. The number of nitrogens with zero attached hydrogens (tertiary/aromatic N) is 2. The maximum atomic E-state index is 12.2. The molecule has 0 saturated carbocycles. The molecule has 0 fully saturated rings. The highest BCUT2D eigenvalue weighted by Gasteiger charge is 2.14. The molecule has 2 aromatic rings. The molecule has 0 unspecified atom stereocenters. The number of aryl methyl sites for hydroxylation is 2. The van der Waals surface area contributed by atoms with E-state index < -0.39 is 0 Å². The van der Waals surface area contributed by atoms with E-state index in [1.165, 1.54) is 0 Å². The van der Waals surface area contributed by atoms with Crippen LogP contribution in [0.5, 0.6) is 11.5 Å². The molecule has 2 rings (SSSR count). The van der Waals surface area contributed by atoms with Gasteiger partial charge >= 0.3 is 0 Å². The Balaban J connectivity index is 1.95. The summed E-state index contributed by atoms with van der Waals surface area (Å²) in [6.07, 6.45) is 1.08. The van der Waals surface area contributed by atoms with E-state index in [2.05, 4.69) is 10.4 Å². The molecule has 7 heteroatoms. The Morgan fingerprint density at radius 3 is 2.65 bits per heavy atom. The Labute approximate surface area is 159 Å². The van der Waals surface area contributed by atoms with Gasteiger partial charge in [-0.3, -0.25) is 9.48 Å². The fraction of sp³-hybridized carbons (Fsp3) is 0.474. The first-order valence-electron chi connectivity index (χ1n) is 8.62. The van der Waals surface area contributed by atoms with Gasteiger partial charge in [0.15, 0.2) is 11.5 Å². The van der Waals surface area contributed by atoms with Crippen molar-refractivity contribution in [2.75, 3.05) is 13.7 Å². The summed E-state index contributed by atoms with van der Waals surface area (Å²) < 4.78 is 12.7. The van der Waals surface area contributed by atoms with E-state index >= 15 is 0 Å². The van der Waals surface area contributed by atoms with Crippen LogP contribution in [0.2, 0.25) is 5.02 Å². The zero-order valence-electron chi connectivity index (χ0n) is 16.0. The smallest absolute Gasteiger partial charge is 0.220 e. The van der Waals surface area contributed by atoms with Crippen molar-refractivity contribution in [2.45, 2.75) is 40.2 Å². The third-order valence-electron chi connectivity index (χ3n) is 4.33. The van der Waals surface area contributed by atoms with Gasteiger partial charge < -0.3 is 14.8 Å². The number of ether oxygens (including phenoxy) is 2. The molecule has 26 heavy (non-hydrogen) atoms. The van der Waals surface area contributed by atoms with Crippen LogP contribution in [0.3, 0.4) is 0 Å². The van der Waals surface area contributed by atoms with Crippen molar-refractivity contribution in [1.82, 2.24) is 15.1 Å². The highest BCUT2D eigenvalue weighted by atomic mass is 35.5. The number of rotatable bonds is 8. The summed E-state index contributed by atoms with van der Waals surface area (Å²) in [6.45, 7) is 6.75. The van der Waals surface area contributed by atoms with Crippen LogP contribution in [0.15, 0.2) is 12.1 Å². The molecule has 0 aliphatic rings. The standard InChI is InChI=1S/C19H26ClN3O3/c1-6-26-19-16(20)9-14(10-17(19)25-5)11-21-18(24)8-7-15-12(2)22-23(4)13(15)3/h9-10H,6-8,11H2,1-5H3,(H,21,24). The van der Waals surface area contributed by atoms with Gasteiger partial charge in [0, 0.05) is 25.7 Å². The number of benzene rings is 1. The maximum absolute atomic E-state index is 12.2. The van der Waals surface area contributed by atoms with E-state index in [9.17, 15) is 4.79 Å². The van der Waals surface area contributed by atoms with Gasteiger partial charge in [-0.2, -0.15) is 5.10 Å². The summed E-state index contributed by atoms with van der Waals surface area (Å²) in [5, 5.41) is 7.77. The van der Waals surface area contributed by atoms with Gasteiger partial charge in [-0.1, -0.05) is 11.6 Å². The van der Waals surface area contributed by atoms with Gasteiger partial charge in [0.1, 0.15) is 0 Å². The summed E-state index contributed by atoms with van der Waals surface area (Å²) in [5.41, 5.74) is 4.06. The summed E-state index contributed by atoms with van der Waals surface area (Å²) in [7, 11) is 3.48. The van der Waals surface area contributed by atoms with Crippen LogP contribution in [-0.2, 0) is 24.8 Å². The van der Waals surface area contributed by atoms with Crippen LogP contribution in [0, 0.1) is 13.8 Å². The van der Waals surface area contributed by atoms with Gasteiger partial charge in [-0.05, 0) is 50.5 Å². The van der Waals surface area contributed by atoms with Gasteiger partial charge in [-0.25, -0.2) is 0 Å². The summed E-state index contributed by atoms with van der Waals surface area (Å²) >= 11 is 6.26. The number of hydrogen-bond acceptors (Lipinski definition) is 4. The number of methoxy groups -OCH3 is 1. The molecule has 0 saturated heterocycles. The number of nitrogens with one attached hydrogen (secondary N) is 1. The monoisotopic (exact) mass is 379 g/mol. The second kappa shape index (κ2) is 8.94. The number of carbonyl (C=O) groups is 1. The molecular weight excluding hydrogens is 354 g/mol. The van der Waals surface area contributed by atoms with Gasteiger partial charge in [0.05, 0.1) is 24.4 Å². The van der Waals surface area contributed by atoms with Crippen molar-refractivity contribution in [3.63, 3.8) is 0 Å². The largest absolute Gasteiger partial charge is 0.493 e. The first kappa shape index (κ1) is 20.1. The van der Waals surface area contributed by atoms with E-state index in [1.807, 2.05) is 38.6 Å². The third-order valence-corrected chi connectivity index (χ3v) is 4.61. The molecule has 0 radical (unpaired) electrons. The maximum Gasteiger partial charge on any atom is 0.220 e. The summed E-state index contributed by atoms with van der Waals surface area (Å²) in [5.74, 6) is 1.07. The Morgan fingerprint density at radius 1 is 1.35 bits per heavy atom. The number of halogens is 1. The molecule has 1 N–H and O–H groups in total. The Kier molecular flexibility index (Phi) is 6.91. The average Bonchev–Trinajstić information content (AvgIpc) is 2.85. The van der Waals surface area contributed by atoms with Crippen LogP contribution in [0.1, 0.15) is 35.9 Å². The van der Waals surface area contributed by atoms with Gasteiger partial charge in [0.25, 0.3) is 0 Å². The van der Waals surface area contributed by atoms with Crippen LogP contribution in [-0.4, -0.2) is 29.4 Å². The third kappa shape index (κ3) is 4.69. The predicted octanol–water partition coefficient (Wildman–Crippen LogP) is 3.35. The van der Waals surface area contributed by atoms with Crippen molar-refractivity contribution in [3.05, 3.63) is 39.7 Å². The quantitative estimate of drug-likeness (QED) is 0.763. The van der Waals surface area contributed by atoms with E-state index in [1.54, 1.807) is 13.2 Å². The molecule has 6 nitrogen and oxygen atoms in total. The molecule has 0 aliphatic heterocycles.